The molecule has 2 bridgehead atoms. The van der Waals surface area contributed by atoms with E-state index in [1.807, 2.05) is 11.4 Å². The largest absolute Gasteiger partial charge is 0.496 e. The number of hydrogen-bond acceptors (Lipinski definition) is 4. The molecule has 1 amide bonds. The highest BCUT2D eigenvalue weighted by molar-refractivity contribution is 7.12. The second-order valence-corrected chi connectivity index (χ2v) is 7.02. The highest BCUT2D eigenvalue weighted by Crippen LogP contribution is 2.31. The molecular weight excluding hydrogens is 284 g/mol. The highest BCUT2D eigenvalue weighted by Gasteiger charge is 2.37. The predicted octanol–water partition coefficient (Wildman–Crippen LogP) is 2.89. The van der Waals surface area contributed by atoms with E-state index in [0.29, 0.717) is 18.1 Å². The molecular formula is C16H24N2O2S. The summed E-state index contributed by atoms with van der Waals surface area (Å²) in [4.78, 5) is 15.8. The molecule has 2 saturated heterocycles. The van der Waals surface area contributed by atoms with Gasteiger partial charge in [0.1, 0.15) is 5.75 Å². The maximum atomic E-state index is 12.9. The minimum absolute atomic E-state index is 0.177. The van der Waals surface area contributed by atoms with E-state index >= 15 is 0 Å². The Balaban J connectivity index is 1.75. The third-order valence-electron chi connectivity index (χ3n) is 4.64. The van der Waals surface area contributed by atoms with Gasteiger partial charge in [0, 0.05) is 36.1 Å². The third kappa shape index (κ3) is 3.09. The first-order valence-corrected chi connectivity index (χ1v) is 8.78. The van der Waals surface area contributed by atoms with Crippen LogP contribution in [-0.4, -0.2) is 42.6 Å². The quantitative estimate of drug-likeness (QED) is 0.909. The lowest BCUT2D eigenvalue weighted by atomic mass is 9.97. The normalized spacial score (nSPS) is 27.6. The Morgan fingerprint density at radius 2 is 2.14 bits per heavy atom. The van der Waals surface area contributed by atoms with Gasteiger partial charge >= 0.3 is 0 Å². The number of ether oxygens (including phenoxy) is 1. The van der Waals surface area contributed by atoms with E-state index in [9.17, 15) is 4.79 Å². The Bertz CT molecular complexity index is 490. The molecule has 116 valence electrons. The summed E-state index contributed by atoms with van der Waals surface area (Å²) in [5, 5.41) is 5.56. The number of methoxy groups -OCH3 is 1. The van der Waals surface area contributed by atoms with E-state index in [0.717, 1.165) is 36.4 Å². The second kappa shape index (κ2) is 6.36. The van der Waals surface area contributed by atoms with Crippen molar-refractivity contribution in [2.75, 3.05) is 13.7 Å². The zero-order chi connectivity index (χ0) is 14.8. The van der Waals surface area contributed by atoms with E-state index in [2.05, 4.69) is 17.1 Å². The van der Waals surface area contributed by atoms with E-state index in [-0.39, 0.29) is 5.91 Å². The molecule has 1 aromatic rings. The van der Waals surface area contributed by atoms with Crippen LogP contribution in [0.2, 0.25) is 0 Å². The van der Waals surface area contributed by atoms with Crippen LogP contribution in [0.4, 0.5) is 0 Å². The van der Waals surface area contributed by atoms with Crippen LogP contribution in [0, 0.1) is 0 Å². The molecule has 2 atom stereocenters. The Kier molecular flexibility index (Phi) is 4.50. The summed E-state index contributed by atoms with van der Waals surface area (Å²) in [6.45, 7) is 2.99. The molecule has 0 aromatic carbocycles. The number of nitrogens with one attached hydrogen (secondary N) is 1. The molecule has 21 heavy (non-hydrogen) atoms. The van der Waals surface area contributed by atoms with Gasteiger partial charge in [-0.3, -0.25) is 4.79 Å². The number of rotatable bonds is 5. The molecule has 0 radical (unpaired) electrons. The maximum absolute atomic E-state index is 12.9. The summed E-state index contributed by atoms with van der Waals surface area (Å²) in [5.41, 5.74) is 0. The minimum Gasteiger partial charge on any atom is -0.496 e. The summed E-state index contributed by atoms with van der Waals surface area (Å²) >= 11 is 1.49. The maximum Gasteiger partial charge on any atom is 0.264 e. The van der Waals surface area contributed by atoms with Crippen molar-refractivity contribution in [1.82, 2.24) is 10.2 Å². The average molecular weight is 308 g/mol. The summed E-state index contributed by atoms with van der Waals surface area (Å²) < 4.78 is 5.20. The third-order valence-corrected chi connectivity index (χ3v) is 5.53. The van der Waals surface area contributed by atoms with Crippen LogP contribution < -0.4 is 10.1 Å². The monoisotopic (exact) mass is 308 g/mol. The number of piperidine rings is 1. The van der Waals surface area contributed by atoms with Crippen molar-refractivity contribution in [2.45, 2.75) is 57.2 Å². The van der Waals surface area contributed by atoms with Gasteiger partial charge < -0.3 is 15.0 Å². The van der Waals surface area contributed by atoms with Crippen molar-refractivity contribution in [3.05, 3.63) is 16.3 Å². The van der Waals surface area contributed by atoms with Crippen molar-refractivity contribution in [1.29, 1.82) is 0 Å². The Hall–Kier alpha value is -1.07. The van der Waals surface area contributed by atoms with Crippen LogP contribution >= 0.6 is 11.3 Å². The number of fused-ring (bicyclic) bond motifs is 2. The molecule has 5 heteroatoms. The SMILES string of the molecule is CCCN(C(=O)c1cc(OC)cs1)C1CC2CCC(C1)N2. The number of carbonyl (C=O) groups is 1. The molecule has 1 aromatic heterocycles. The second-order valence-electron chi connectivity index (χ2n) is 6.11. The first-order chi connectivity index (χ1) is 10.2. The van der Waals surface area contributed by atoms with Gasteiger partial charge in [0.05, 0.1) is 12.0 Å². The standard InChI is InChI=1S/C16H24N2O2S/c1-3-6-18(13-7-11-4-5-12(8-13)17-11)16(19)15-9-14(20-2)10-21-15/h9-13,17H,3-8H2,1-2H3. The Morgan fingerprint density at radius 3 is 2.71 bits per heavy atom. The van der Waals surface area contributed by atoms with Gasteiger partial charge in [-0.05, 0) is 32.1 Å². The van der Waals surface area contributed by atoms with E-state index in [4.69, 9.17) is 4.74 Å². The molecule has 1 N–H and O–H groups in total. The number of amides is 1. The zero-order valence-electron chi connectivity index (χ0n) is 12.8. The molecule has 2 fully saturated rings. The van der Waals surface area contributed by atoms with Crippen LogP contribution in [0.25, 0.3) is 0 Å². The molecule has 4 nitrogen and oxygen atoms in total. The molecule has 3 heterocycles. The van der Waals surface area contributed by atoms with Crippen molar-refractivity contribution in [2.24, 2.45) is 0 Å². The van der Waals surface area contributed by atoms with Crippen LogP contribution in [0.1, 0.15) is 48.7 Å². The molecule has 0 saturated carbocycles. The van der Waals surface area contributed by atoms with Gasteiger partial charge in [0.25, 0.3) is 5.91 Å². The zero-order valence-corrected chi connectivity index (χ0v) is 13.6. The Morgan fingerprint density at radius 1 is 1.43 bits per heavy atom. The van der Waals surface area contributed by atoms with Gasteiger partial charge in [-0.2, -0.15) is 0 Å². The van der Waals surface area contributed by atoms with Crippen LogP contribution in [0.15, 0.2) is 11.4 Å². The number of thiophene rings is 1. The molecule has 2 unspecified atom stereocenters. The number of nitrogens with zero attached hydrogens (tertiary/aromatic N) is 1. The predicted molar refractivity (Wildman–Crippen MR) is 85.2 cm³/mol. The van der Waals surface area contributed by atoms with Gasteiger partial charge in [-0.1, -0.05) is 6.92 Å². The lowest BCUT2D eigenvalue weighted by Gasteiger charge is -2.37. The summed E-state index contributed by atoms with van der Waals surface area (Å²) in [6.07, 6.45) is 5.74. The highest BCUT2D eigenvalue weighted by atomic mass is 32.1. The fourth-order valence-corrected chi connectivity index (χ4v) is 4.46. The van der Waals surface area contributed by atoms with Crippen LogP contribution in [0.5, 0.6) is 5.75 Å². The molecule has 3 rings (SSSR count). The summed E-state index contributed by atoms with van der Waals surface area (Å²) in [7, 11) is 1.64. The smallest absolute Gasteiger partial charge is 0.264 e. The summed E-state index contributed by atoms with van der Waals surface area (Å²) in [5.74, 6) is 0.960. The van der Waals surface area contributed by atoms with E-state index < -0.39 is 0 Å². The fraction of sp³-hybridized carbons (Fsp3) is 0.688. The van der Waals surface area contributed by atoms with Crippen molar-refractivity contribution in [3.63, 3.8) is 0 Å². The minimum atomic E-state index is 0.177. The topological polar surface area (TPSA) is 41.6 Å². The van der Waals surface area contributed by atoms with E-state index in [1.165, 1.54) is 24.2 Å². The van der Waals surface area contributed by atoms with Gasteiger partial charge in [-0.15, -0.1) is 11.3 Å². The van der Waals surface area contributed by atoms with Gasteiger partial charge in [0.2, 0.25) is 0 Å². The van der Waals surface area contributed by atoms with Crippen LogP contribution in [0.3, 0.4) is 0 Å². The first-order valence-electron chi connectivity index (χ1n) is 7.90. The molecule has 2 aliphatic rings. The Labute approximate surface area is 130 Å². The number of carbonyl (C=O) groups excluding carboxylic acids is 1. The number of hydrogen-bond donors (Lipinski definition) is 1. The fourth-order valence-electron chi connectivity index (χ4n) is 3.65. The summed E-state index contributed by atoms with van der Waals surface area (Å²) in [6, 6.07) is 3.48. The lowest BCUT2D eigenvalue weighted by molar-refractivity contribution is 0.0621. The molecule has 0 aliphatic carbocycles. The van der Waals surface area contributed by atoms with Crippen molar-refractivity contribution >= 4 is 17.2 Å². The average Bonchev–Trinajstić information content (AvgIpc) is 3.10. The lowest BCUT2D eigenvalue weighted by Crippen LogP contribution is -2.50. The first kappa shape index (κ1) is 14.9. The van der Waals surface area contributed by atoms with E-state index in [1.54, 1.807) is 7.11 Å². The molecule has 2 aliphatic heterocycles. The van der Waals surface area contributed by atoms with Crippen LogP contribution in [-0.2, 0) is 0 Å². The van der Waals surface area contributed by atoms with Gasteiger partial charge in [-0.25, -0.2) is 0 Å². The van der Waals surface area contributed by atoms with Crippen molar-refractivity contribution < 1.29 is 9.53 Å². The molecule has 0 spiro atoms. The van der Waals surface area contributed by atoms with Gasteiger partial charge in [0.15, 0.2) is 0 Å². The van der Waals surface area contributed by atoms with Crippen molar-refractivity contribution in [3.8, 4) is 5.75 Å².